The third-order valence-corrected chi connectivity index (χ3v) is 10.7. The van der Waals surface area contributed by atoms with Gasteiger partial charge in [0.2, 0.25) is 0 Å². The molecule has 0 amide bonds. The molecule has 13 heteroatoms. The molecule has 0 aliphatic carbocycles. The van der Waals surface area contributed by atoms with Crippen LogP contribution >= 0.6 is 11.6 Å². The largest absolute Gasteiger partial charge is 0.497 e. The van der Waals surface area contributed by atoms with Crippen molar-refractivity contribution in [2.45, 2.75) is 24.8 Å². The van der Waals surface area contributed by atoms with Crippen LogP contribution in [-0.4, -0.2) is 54.0 Å². The Balaban J connectivity index is 0.000000213. The molecule has 0 saturated heterocycles. The first-order valence-electron chi connectivity index (χ1n) is 18.2. The quantitative estimate of drug-likeness (QED) is 0.114. The number of halogens is 1. The van der Waals surface area contributed by atoms with E-state index in [0.29, 0.717) is 39.0 Å². The summed E-state index contributed by atoms with van der Waals surface area (Å²) in [6, 6.07) is 31.9. The Morgan fingerprint density at radius 1 is 0.814 bits per heavy atom. The Hall–Kier alpha value is -6.81. The summed E-state index contributed by atoms with van der Waals surface area (Å²) in [4.78, 5) is 46.8. The van der Waals surface area contributed by atoms with Crippen molar-refractivity contribution in [2.75, 3.05) is 20.5 Å². The molecule has 0 N–H and O–H groups in total. The second-order valence-corrected chi connectivity index (χ2v) is 16.0. The van der Waals surface area contributed by atoms with Crippen LogP contribution in [0.5, 0.6) is 5.75 Å². The van der Waals surface area contributed by atoms with Crippen molar-refractivity contribution < 1.29 is 22.7 Å². The third kappa shape index (κ3) is 10.0. The molecule has 0 unspecified atom stereocenters. The van der Waals surface area contributed by atoms with E-state index >= 15 is 0 Å². The fraction of sp³-hybridized carbons (Fsp3) is 0.152. The lowest BCUT2D eigenvalue weighted by Gasteiger charge is -2.11. The Labute approximate surface area is 346 Å². The highest BCUT2D eigenvalue weighted by Crippen LogP contribution is 2.32. The first-order chi connectivity index (χ1) is 28.2. The van der Waals surface area contributed by atoms with E-state index in [0.717, 1.165) is 39.4 Å². The predicted molar refractivity (Wildman–Crippen MR) is 230 cm³/mol. The molecule has 0 aliphatic rings. The fourth-order valence-corrected chi connectivity index (χ4v) is 6.94. The number of esters is 1. The lowest BCUT2D eigenvalue weighted by Crippen LogP contribution is -2.39. The van der Waals surface area contributed by atoms with Crippen molar-refractivity contribution in [3.63, 3.8) is 0 Å². The van der Waals surface area contributed by atoms with Gasteiger partial charge in [-0.1, -0.05) is 59.8 Å². The number of hydrogen-bond acceptors (Lipinski definition) is 9. The summed E-state index contributed by atoms with van der Waals surface area (Å²) in [5, 5.41) is 0.926. The molecule has 7 aromatic rings. The Kier molecular flexibility index (Phi) is 12.9. The van der Waals surface area contributed by atoms with Crippen molar-refractivity contribution in [3.05, 3.63) is 175 Å². The minimum Gasteiger partial charge on any atom is -0.497 e. The molecule has 59 heavy (non-hydrogen) atoms. The van der Waals surface area contributed by atoms with Crippen molar-refractivity contribution in [3.8, 4) is 40.0 Å². The predicted octanol–water partition coefficient (Wildman–Crippen LogP) is 7.31. The first kappa shape index (κ1) is 41.8. The summed E-state index contributed by atoms with van der Waals surface area (Å²) in [5.74, 6) is 6.58. The highest BCUT2D eigenvalue weighted by molar-refractivity contribution is 7.90. The maximum atomic E-state index is 13.3. The van der Waals surface area contributed by atoms with Gasteiger partial charge >= 0.3 is 11.7 Å². The van der Waals surface area contributed by atoms with Gasteiger partial charge in [-0.2, -0.15) is 0 Å². The van der Waals surface area contributed by atoms with Crippen LogP contribution in [0.2, 0.25) is 5.02 Å². The topological polar surface area (TPSA) is 139 Å². The summed E-state index contributed by atoms with van der Waals surface area (Å²) < 4.78 is 35.7. The maximum absolute atomic E-state index is 13.3. The van der Waals surface area contributed by atoms with E-state index in [2.05, 4.69) is 21.8 Å². The van der Waals surface area contributed by atoms with Crippen LogP contribution in [-0.2, 0) is 34.6 Å². The summed E-state index contributed by atoms with van der Waals surface area (Å²) >= 11 is 6.11. The number of carbonyl (C=O) groups is 1. The normalized spacial score (nSPS) is 10.9. The zero-order chi connectivity index (χ0) is 42.3. The average molecular weight is 827 g/mol. The lowest BCUT2D eigenvalue weighted by molar-refractivity contribution is 0.0600. The van der Waals surface area contributed by atoms with Crippen molar-refractivity contribution >= 4 is 38.3 Å². The monoisotopic (exact) mass is 826 g/mol. The molecule has 0 aliphatic heterocycles. The van der Waals surface area contributed by atoms with Crippen LogP contribution in [0.4, 0.5) is 0 Å². The molecule has 0 spiro atoms. The van der Waals surface area contributed by atoms with Gasteiger partial charge < -0.3 is 9.47 Å². The summed E-state index contributed by atoms with van der Waals surface area (Å²) in [5.41, 5.74) is 6.80. The molecule has 4 aromatic carbocycles. The number of hydrogen-bond donors (Lipinski definition) is 0. The number of methoxy groups -OCH3 is 2. The number of ether oxygens (including phenoxy) is 2. The van der Waals surface area contributed by atoms with E-state index in [1.54, 1.807) is 93.3 Å². The number of benzene rings is 4. The highest BCUT2D eigenvalue weighted by atomic mass is 35.5. The molecule has 3 aromatic heterocycles. The van der Waals surface area contributed by atoms with E-state index in [9.17, 15) is 22.8 Å². The molecule has 0 bridgehead atoms. The van der Waals surface area contributed by atoms with Crippen molar-refractivity contribution in [1.29, 1.82) is 0 Å². The van der Waals surface area contributed by atoms with Crippen molar-refractivity contribution in [1.82, 2.24) is 19.1 Å². The molecule has 0 fully saturated rings. The second kappa shape index (κ2) is 18.2. The first-order valence-corrected chi connectivity index (χ1v) is 20.4. The number of carbonyl (C=O) groups excluding carboxylic acids is 1. The van der Waals surface area contributed by atoms with Gasteiger partial charge in [0.05, 0.1) is 52.8 Å². The van der Waals surface area contributed by atoms with Gasteiger partial charge in [0.25, 0.3) is 5.56 Å². The molecule has 3 heterocycles. The third-order valence-electron chi connectivity index (χ3n) is 9.38. The van der Waals surface area contributed by atoms with Crippen LogP contribution < -0.4 is 16.0 Å². The molecule has 298 valence electrons. The van der Waals surface area contributed by atoms with Gasteiger partial charge in [0.15, 0.2) is 9.84 Å². The van der Waals surface area contributed by atoms with Gasteiger partial charge in [-0.15, -0.1) is 0 Å². The minimum absolute atomic E-state index is 0.0796. The Bertz CT molecular complexity index is 2950. The van der Waals surface area contributed by atoms with Gasteiger partial charge in [-0.25, -0.2) is 18.0 Å². The highest BCUT2D eigenvalue weighted by Gasteiger charge is 2.14. The standard InChI is InChI=1S/C28H24N2O5.C18H15ClN2O2S/c1-29-25-16-11-20(6-4-5-19-9-14-23(34-2)15-10-19)17-24(25)26(31)30(28(29)33)18-21-7-12-22(13-8-21)27(32)35-3;1-12-3-4-14(10-20-12)18-17(9-15(19)11-21-18)13-5-7-16(8-6-13)24(2,22)23/h7-17H,5,18H2,1-3H3;3-11H,1-2H3. The van der Waals surface area contributed by atoms with Gasteiger partial charge in [0, 0.05) is 54.5 Å². The molecule has 0 atom stereocenters. The summed E-state index contributed by atoms with van der Waals surface area (Å²) in [7, 11) is 1.34. The zero-order valence-electron chi connectivity index (χ0n) is 32.9. The number of pyridine rings is 2. The number of sulfone groups is 1. The van der Waals surface area contributed by atoms with Crippen LogP contribution in [0.3, 0.4) is 0 Å². The number of nitrogens with zero attached hydrogens (tertiary/aromatic N) is 4. The number of rotatable bonds is 8. The fourth-order valence-electron chi connectivity index (χ4n) is 6.15. The van der Waals surface area contributed by atoms with Gasteiger partial charge in [0.1, 0.15) is 5.75 Å². The van der Waals surface area contributed by atoms with E-state index in [1.165, 1.54) is 22.5 Å². The Morgan fingerprint density at radius 3 is 2.12 bits per heavy atom. The van der Waals surface area contributed by atoms with E-state index in [4.69, 9.17) is 21.1 Å². The number of aromatic nitrogens is 4. The molecule has 11 nitrogen and oxygen atoms in total. The van der Waals surface area contributed by atoms with Crippen LogP contribution in [0, 0.1) is 18.8 Å². The van der Waals surface area contributed by atoms with Crippen molar-refractivity contribution in [2.24, 2.45) is 7.05 Å². The molecule has 0 radical (unpaired) electrons. The minimum atomic E-state index is -3.23. The van der Waals surface area contributed by atoms with Gasteiger partial charge in [-0.3, -0.25) is 23.9 Å². The number of aryl methyl sites for hydroxylation is 2. The van der Waals surface area contributed by atoms with Crippen LogP contribution in [0.25, 0.3) is 33.3 Å². The lowest BCUT2D eigenvalue weighted by atomic mass is 10.0. The van der Waals surface area contributed by atoms with E-state index < -0.39 is 21.5 Å². The Morgan fingerprint density at radius 2 is 1.49 bits per heavy atom. The van der Waals surface area contributed by atoms with Gasteiger partial charge in [-0.05, 0) is 96.4 Å². The molecule has 0 saturated carbocycles. The maximum Gasteiger partial charge on any atom is 0.337 e. The van der Waals surface area contributed by atoms with Crippen LogP contribution in [0.15, 0.2) is 136 Å². The SMILES string of the molecule is COC(=O)c1ccc(Cn2c(=O)c3cc(C#CCc4ccc(OC)cc4)ccc3n(C)c2=O)cc1.Cc1ccc(-c2ncc(Cl)cc2-c2ccc(S(C)(=O)=O)cc2)cn1. The van der Waals surface area contributed by atoms with Crippen LogP contribution in [0.1, 0.15) is 32.7 Å². The van der Waals surface area contributed by atoms with E-state index in [1.807, 2.05) is 49.4 Å². The average Bonchev–Trinajstić information content (AvgIpc) is 3.25. The zero-order valence-corrected chi connectivity index (χ0v) is 34.5. The molecular formula is C46H39ClN4O7S. The summed E-state index contributed by atoms with van der Waals surface area (Å²) in [6.07, 6.45) is 5.10. The molecule has 7 rings (SSSR count). The second-order valence-electron chi connectivity index (χ2n) is 13.5. The molecular weight excluding hydrogens is 788 g/mol. The van der Waals surface area contributed by atoms with E-state index in [-0.39, 0.29) is 17.0 Å². The smallest absolute Gasteiger partial charge is 0.337 e. The summed E-state index contributed by atoms with van der Waals surface area (Å²) in [6.45, 7) is 2.00. The number of fused-ring (bicyclic) bond motifs is 1.